The van der Waals surface area contributed by atoms with Crippen molar-refractivity contribution in [1.82, 2.24) is 4.90 Å². The van der Waals surface area contributed by atoms with Crippen molar-refractivity contribution in [2.24, 2.45) is 0 Å². The molecule has 0 atom stereocenters. The minimum absolute atomic E-state index is 0.170. The molecule has 0 bridgehead atoms. The van der Waals surface area contributed by atoms with Gasteiger partial charge in [0.1, 0.15) is 0 Å². The van der Waals surface area contributed by atoms with E-state index >= 15 is 0 Å². The Labute approximate surface area is 147 Å². The zero-order valence-corrected chi connectivity index (χ0v) is 15.1. The molecule has 2 heterocycles. The molecule has 1 aliphatic rings. The quantitative estimate of drug-likeness (QED) is 0.760. The van der Waals surface area contributed by atoms with Gasteiger partial charge in [-0.25, -0.2) is 4.79 Å². The number of aryl methyl sites for hydroxylation is 1. The standard InChI is InChI=1S/C20H23NO2S/c1-3-23-20(22)18-14-21(13-16-7-5-4-6-8-16)12-11-17(18)19-10-9-15(2)24-19/h4-10H,3,11-14H2,1-2H3. The predicted molar refractivity (Wildman–Crippen MR) is 98.9 cm³/mol. The summed E-state index contributed by atoms with van der Waals surface area (Å²) in [4.78, 5) is 17.3. The summed E-state index contributed by atoms with van der Waals surface area (Å²) in [5.41, 5.74) is 3.26. The normalized spacial score (nSPS) is 15.6. The maximum atomic E-state index is 12.5. The third kappa shape index (κ3) is 3.94. The minimum Gasteiger partial charge on any atom is -0.463 e. The molecule has 0 aliphatic carbocycles. The average Bonchev–Trinajstić information content (AvgIpc) is 3.02. The summed E-state index contributed by atoms with van der Waals surface area (Å²) in [7, 11) is 0. The van der Waals surface area contributed by atoms with Crippen molar-refractivity contribution < 1.29 is 9.53 Å². The number of hydrogen-bond acceptors (Lipinski definition) is 4. The highest BCUT2D eigenvalue weighted by atomic mass is 32.1. The van der Waals surface area contributed by atoms with Crippen LogP contribution in [0, 0.1) is 6.92 Å². The summed E-state index contributed by atoms with van der Waals surface area (Å²) in [5, 5.41) is 0. The van der Waals surface area contributed by atoms with Gasteiger partial charge in [0, 0.05) is 29.4 Å². The summed E-state index contributed by atoms with van der Waals surface area (Å²) in [6.45, 7) is 6.85. The number of thiophene rings is 1. The molecule has 4 heteroatoms. The van der Waals surface area contributed by atoms with Crippen LogP contribution in [0.4, 0.5) is 0 Å². The SMILES string of the molecule is CCOC(=O)C1=C(c2ccc(C)s2)CCN(Cc2ccccc2)C1. The van der Waals surface area contributed by atoms with Crippen LogP contribution in [0.25, 0.3) is 5.57 Å². The molecule has 0 unspecified atom stereocenters. The van der Waals surface area contributed by atoms with Gasteiger partial charge in [-0.3, -0.25) is 4.90 Å². The first-order valence-corrected chi connectivity index (χ1v) is 9.21. The number of rotatable bonds is 5. The van der Waals surface area contributed by atoms with Gasteiger partial charge < -0.3 is 4.74 Å². The number of esters is 1. The van der Waals surface area contributed by atoms with Gasteiger partial charge in [-0.05, 0) is 43.5 Å². The van der Waals surface area contributed by atoms with Crippen molar-refractivity contribution in [3.8, 4) is 0 Å². The zero-order chi connectivity index (χ0) is 16.9. The summed E-state index contributed by atoms with van der Waals surface area (Å²) >= 11 is 1.75. The average molecular weight is 341 g/mol. The number of benzene rings is 1. The summed E-state index contributed by atoms with van der Waals surface area (Å²) in [5.74, 6) is -0.170. The van der Waals surface area contributed by atoms with Gasteiger partial charge in [0.25, 0.3) is 0 Å². The summed E-state index contributed by atoms with van der Waals surface area (Å²) < 4.78 is 5.32. The molecule has 24 heavy (non-hydrogen) atoms. The Morgan fingerprint density at radius 2 is 2.00 bits per heavy atom. The van der Waals surface area contributed by atoms with Crippen molar-refractivity contribution in [3.63, 3.8) is 0 Å². The number of hydrogen-bond donors (Lipinski definition) is 0. The first-order chi connectivity index (χ1) is 11.7. The maximum absolute atomic E-state index is 12.5. The Kier molecular flexibility index (Phi) is 5.48. The lowest BCUT2D eigenvalue weighted by atomic mass is 9.98. The summed E-state index contributed by atoms with van der Waals surface area (Å²) in [6.07, 6.45) is 0.890. The second-order valence-corrected chi connectivity index (χ2v) is 7.32. The van der Waals surface area contributed by atoms with E-state index in [9.17, 15) is 4.79 Å². The van der Waals surface area contributed by atoms with E-state index in [1.807, 2.05) is 13.0 Å². The lowest BCUT2D eigenvalue weighted by molar-refractivity contribution is -0.138. The third-order valence-electron chi connectivity index (χ3n) is 4.23. The highest BCUT2D eigenvalue weighted by Gasteiger charge is 2.26. The van der Waals surface area contributed by atoms with E-state index in [0.717, 1.165) is 30.7 Å². The molecule has 0 fully saturated rings. The van der Waals surface area contributed by atoms with Crippen molar-refractivity contribution in [1.29, 1.82) is 0 Å². The van der Waals surface area contributed by atoms with E-state index in [-0.39, 0.29) is 5.97 Å². The second-order valence-electron chi connectivity index (χ2n) is 6.03. The molecule has 126 valence electrons. The van der Waals surface area contributed by atoms with E-state index in [1.165, 1.54) is 15.3 Å². The lowest BCUT2D eigenvalue weighted by Crippen LogP contribution is -2.34. The highest BCUT2D eigenvalue weighted by Crippen LogP contribution is 2.33. The van der Waals surface area contributed by atoms with Crippen LogP contribution in [-0.2, 0) is 16.1 Å². The monoisotopic (exact) mass is 341 g/mol. The van der Waals surface area contributed by atoms with Crippen LogP contribution < -0.4 is 0 Å². The second kappa shape index (κ2) is 7.77. The smallest absolute Gasteiger partial charge is 0.335 e. The van der Waals surface area contributed by atoms with Gasteiger partial charge in [-0.2, -0.15) is 0 Å². The largest absolute Gasteiger partial charge is 0.463 e. The number of nitrogens with zero attached hydrogens (tertiary/aromatic N) is 1. The minimum atomic E-state index is -0.170. The van der Waals surface area contributed by atoms with Gasteiger partial charge in [0.05, 0.1) is 12.2 Å². The fraction of sp³-hybridized carbons (Fsp3) is 0.350. The molecule has 0 saturated carbocycles. The molecule has 3 nitrogen and oxygen atoms in total. The highest BCUT2D eigenvalue weighted by molar-refractivity contribution is 7.13. The number of carbonyl (C=O) groups excluding carboxylic acids is 1. The summed E-state index contributed by atoms with van der Waals surface area (Å²) in [6, 6.07) is 14.6. The Hall–Kier alpha value is -1.91. The molecule has 0 amide bonds. The molecule has 1 aliphatic heterocycles. The molecular formula is C20H23NO2S. The van der Waals surface area contributed by atoms with Crippen molar-refractivity contribution >= 4 is 22.9 Å². The van der Waals surface area contributed by atoms with Crippen LogP contribution in [0.2, 0.25) is 0 Å². The fourth-order valence-electron chi connectivity index (χ4n) is 3.07. The molecule has 3 rings (SSSR count). The van der Waals surface area contributed by atoms with Crippen LogP contribution in [-0.4, -0.2) is 30.6 Å². The van der Waals surface area contributed by atoms with Crippen molar-refractivity contribution in [3.05, 3.63) is 63.4 Å². The molecule has 1 aromatic carbocycles. The van der Waals surface area contributed by atoms with Crippen LogP contribution >= 0.6 is 11.3 Å². The van der Waals surface area contributed by atoms with Gasteiger partial charge in [0.15, 0.2) is 0 Å². The van der Waals surface area contributed by atoms with Crippen molar-refractivity contribution in [2.75, 3.05) is 19.7 Å². The fourth-order valence-corrected chi connectivity index (χ4v) is 4.04. The Balaban J connectivity index is 1.84. The van der Waals surface area contributed by atoms with E-state index in [2.05, 4.69) is 48.2 Å². The van der Waals surface area contributed by atoms with Crippen molar-refractivity contribution in [2.45, 2.75) is 26.8 Å². The molecule has 0 saturated heterocycles. The number of carbonyl (C=O) groups is 1. The van der Waals surface area contributed by atoms with E-state index in [0.29, 0.717) is 13.2 Å². The van der Waals surface area contributed by atoms with Crippen LogP contribution in [0.1, 0.15) is 28.7 Å². The third-order valence-corrected chi connectivity index (χ3v) is 5.29. The molecule has 2 aromatic rings. The van der Waals surface area contributed by atoms with Crippen LogP contribution in [0.15, 0.2) is 48.0 Å². The Morgan fingerprint density at radius 3 is 2.67 bits per heavy atom. The molecular weight excluding hydrogens is 318 g/mol. The first-order valence-electron chi connectivity index (χ1n) is 8.39. The van der Waals surface area contributed by atoms with Crippen LogP contribution in [0.5, 0.6) is 0 Å². The Bertz CT molecular complexity index is 733. The molecule has 1 aromatic heterocycles. The van der Waals surface area contributed by atoms with Gasteiger partial charge in [-0.1, -0.05) is 30.3 Å². The molecule has 0 spiro atoms. The van der Waals surface area contributed by atoms with Gasteiger partial charge >= 0.3 is 5.97 Å². The first kappa shape index (κ1) is 16.9. The van der Waals surface area contributed by atoms with E-state index < -0.39 is 0 Å². The molecule has 0 N–H and O–H groups in total. The number of ether oxygens (including phenoxy) is 1. The zero-order valence-electron chi connectivity index (χ0n) is 14.2. The van der Waals surface area contributed by atoms with E-state index in [4.69, 9.17) is 4.74 Å². The predicted octanol–water partition coefficient (Wildman–Crippen LogP) is 4.28. The van der Waals surface area contributed by atoms with E-state index in [1.54, 1.807) is 11.3 Å². The van der Waals surface area contributed by atoms with Gasteiger partial charge in [0.2, 0.25) is 0 Å². The lowest BCUT2D eigenvalue weighted by Gasteiger charge is -2.29. The van der Waals surface area contributed by atoms with Gasteiger partial charge in [-0.15, -0.1) is 11.3 Å². The topological polar surface area (TPSA) is 29.5 Å². The molecule has 0 radical (unpaired) electrons. The van der Waals surface area contributed by atoms with Crippen LogP contribution in [0.3, 0.4) is 0 Å². The maximum Gasteiger partial charge on any atom is 0.335 e. The Morgan fingerprint density at radius 1 is 1.21 bits per heavy atom.